The first-order valence-electron chi connectivity index (χ1n) is 5.37. The maximum absolute atomic E-state index is 13.1. The lowest BCUT2D eigenvalue weighted by molar-refractivity contribution is 0.627. The van der Waals surface area contributed by atoms with E-state index >= 15 is 0 Å². The highest BCUT2D eigenvalue weighted by atomic mass is 35.5. The van der Waals surface area contributed by atoms with Crippen LogP contribution in [-0.2, 0) is 0 Å². The number of anilines is 1. The maximum Gasteiger partial charge on any atom is 0.156 e. The van der Waals surface area contributed by atoms with Crippen molar-refractivity contribution in [3.63, 3.8) is 0 Å². The number of nitrogens with two attached hydrogens (primary N) is 1. The van der Waals surface area contributed by atoms with Crippen molar-refractivity contribution in [3.05, 3.63) is 46.6 Å². The number of rotatable bonds is 2. The summed E-state index contributed by atoms with van der Waals surface area (Å²) in [5, 5.41) is 9.98. The quantitative estimate of drug-likeness (QED) is 0.788. The molecule has 0 aliphatic carbocycles. The number of hydrogen-bond donors (Lipinski definition) is 1. The second-order valence-electron chi connectivity index (χ2n) is 3.81. The van der Waals surface area contributed by atoms with Gasteiger partial charge in [-0.3, -0.25) is 0 Å². The molecule has 19 heavy (non-hydrogen) atoms. The normalized spacial score (nSPS) is 10.8. The fourth-order valence-corrected chi connectivity index (χ4v) is 2.58. The van der Waals surface area contributed by atoms with E-state index in [2.05, 4.69) is 10.3 Å². The molecule has 0 amide bonds. The van der Waals surface area contributed by atoms with Gasteiger partial charge in [0.1, 0.15) is 11.5 Å². The summed E-state index contributed by atoms with van der Waals surface area (Å²) in [5.41, 5.74) is 7.20. The molecule has 0 atom stereocenters. The first-order chi connectivity index (χ1) is 9.16. The van der Waals surface area contributed by atoms with Gasteiger partial charge in [0, 0.05) is 0 Å². The molecule has 2 heterocycles. The number of halogens is 2. The molecule has 0 aliphatic heterocycles. The first kappa shape index (κ1) is 12.1. The van der Waals surface area contributed by atoms with Crippen LogP contribution in [0.25, 0.3) is 16.3 Å². The van der Waals surface area contributed by atoms with Crippen LogP contribution in [0.3, 0.4) is 0 Å². The minimum atomic E-state index is -0.484. The molecule has 4 nitrogen and oxygen atoms in total. The average Bonchev–Trinajstić information content (AvgIpc) is 3.02. The Balaban J connectivity index is 2.09. The second-order valence-corrected chi connectivity index (χ2v) is 5.17. The van der Waals surface area contributed by atoms with Crippen molar-refractivity contribution in [3.8, 4) is 16.3 Å². The van der Waals surface area contributed by atoms with Crippen molar-refractivity contribution in [2.24, 2.45) is 0 Å². The molecule has 1 aromatic carbocycles. The number of aromatic nitrogens is 3. The van der Waals surface area contributed by atoms with Crippen LogP contribution in [0.4, 0.5) is 10.2 Å². The molecular weight excluding hydrogens is 287 g/mol. The number of nitrogen functional groups attached to an aromatic ring is 1. The van der Waals surface area contributed by atoms with Crippen LogP contribution in [0.15, 0.2) is 35.7 Å². The third-order valence-corrected chi connectivity index (χ3v) is 3.77. The molecule has 0 bridgehead atoms. The van der Waals surface area contributed by atoms with E-state index in [4.69, 9.17) is 17.3 Å². The number of nitrogens with zero attached hydrogens (tertiary/aromatic N) is 3. The van der Waals surface area contributed by atoms with Gasteiger partial charge < -0.3 is 5.73 Å². The van der Waals surface area contributed by atoms with E-state index in [0.29, 0.717) is 17.2 Å². The Labute approximate surface area is 117 Å². The Morgan fingerprint density at radius 1 is 1.32 bits per heavy atom. The minimum Gasteiger partial charge on any atom is -0.382 e. The predicted octanol–water partition coefficient (Wildman–Crippen LogP) is 3.37. The van der Waals surface area contributed by atoms with Crippen LogP contribution in [0.1, 0.15) is 0 Å². The van der Waals surface area contributed by atoms with Gasteiger partial charge in [-0.15, -0.1) is 16.4 Å². The molecule has 96 valence electrons. The summed E-state index contributed by atoms with van der Waals surface area (Å²) < 4.78 is 14.6. The van der Waals surface area contributed by atoms with Gasteiger partial charge in [-0.1, -0.05) is 22.9 Å². The fourth-order valence-electron chi connectivity index (χ4n) is 1.69. The number of thiophene rings is 1. The molecule has 3 rings (SSSR count). The van der Waals surface area contributed by atoms with Crippen molar-refractivity contribution >= 4 is 28.8 Å². The molecule has 2 aromatic heterocycles. The van der Waals surface area contributed by atoms with E-state index in [-0.39, 0.29) is 5.02 Å². The van der Waals surface area contributed by atoms with Gasteiger partial charge in [0.2, 0.25) is 0 Å². The molecule has 0 radical (unpaired) electrons. The van der Waals surface area contributed by atoms with Crippen molar-refractivity contribution in [2.75, 3.05) is 5.73 Å². The fraction of sp³-hybridized carbons (Fsp3) is 0. The highest BCUT2D eigenvalue weighted by molar-refractivity contribution is 7.13. The molecule has 0 unspecified atom stereocenters. The van der Waals surface area contributed by atoms with Crippen LogP contribution in [-0.4, -0.2) is 15.0 Å². The van der Waals surface area contributed by atoms with Crippen molar-refractivity contribution in [1.29, 1.82) is 0 Å². The van der Waals surface area contributed by atoms with Gasteiger partial charge in [-0.05, 0) is 29.6 Å². The van der Waals surface area contributed by atoms with Gasteiger partial charge in [-0.25, -0.2) is 4.39 Å². The largest absolute Gasteiger partial charge is 0.382 e. The Kier molecular flexibility index (Phi) is 2.96. The summed E-state index contributed by atoms with van der Waals surface area (Å²) in [4.78, 5) is 0.928. The highest BCUT2D eigenvalue weighted by Gasteiger charge is 2.14. The van der Waals surface area contributed by atoms with E-state index in [1.165, 1.54) is 28.2 Å². The topological polar surface area (TPSA) is 56.7 Å². The van der Waals surface area contributed by atoms with Crippen molar-refractivity contribution in [1.82, 2.24) is 15.0 Å². The van der Waals surface area contributed by atoms with E-state index in [1.54, 1.807) is 6.07 Å². The van der Waals surface area contributed by atoms with Gasteiger partial charge >= 0.3 is 0 Å². The maximum atomic E-state index is 13.1. The smallest absolute Gasteiger partial charge is 0.156 e. The van der Waals surface area contributed by atoms with E-state index in [0.717, 1.165) is 4.88 Å². The Morgan fingerprint density at radius 2 is 2.16 bits per heavy atom. The molecule has 0 aliphatic rings. The first-order valence-corrected chi connectivity index (χ1v) is 6.63. The average molecular weight is 295 g/mol. The Hall–Kier alpha value is -1.92. The Morgan fingerprint density at radius 3 is 2.84 bits per heavy atom. The van der Waals surface area contributed by atoms with Gasteiger partial charge in [0.25, 0.3) is 0 Å². The van der Waals surface area contributed by atoms with Crippen LogP contribution in [0.5, 0.6) is 0 Å². The summed E-state index contributed by atoms with van der Waals surface area (Å²) in [6.07, 6.45) is 0. The van der Waals surface area contributed by atoms with Gasteiger partial charge in [0.05, 0.1) is 15.6 Å². The van der Waals surface area contributed by atoms with Crippen LogP contribution in [0, 0.1) is 5.82 Å². The summed E-state index contributed by atoms with van der Waals surface area (Å²) in [5.74, 6) is -0.0901. The standard InChI is InChI=1S/C12H8ClFN4S/c13-8-6-7(3-4-9(8)14)18-12(15)11(16-17-18)10-2-1-5-19-10/h1-6H,15H2. The molecule has 7 heteroatoms. The molecule has 0 saturated carbocycles. The number of benzene rings is 1. The molecular formula is C12H8ClFN4S. The molecule has 0 saturated heterocycles. The third-order valence-electron chi connectivity index (χ3n) is 2.61. The van der Waals surface area contributed by atoms with Crippen LogP contribution >= 0.6 is 22.9 Å². The third kappa shape index (κ3) is 2.09. The zero-order valence-electron chi connectivity index (χ0n) is 9.55. The second kappa shape index (κ2) is 4.64. The van der Waals surface area contributed by atoms with E-state index in [9.17, 15) is 4.39 Å². The molecule has 0 fully saturated rings. The van der Waals surface area contributed by atoms with E-state index < -0.39 is 5.82 Å². The zero-order valence-corrected chi connectivity index (χ0v) is 11.1. The number of hydrogen-bond acceptors (Lipinski definition) is 4. The monoisotopic (exact) mass is 294 g/mol. The lowest BCUT2D eigenvalue weighted by Gasteiger charge is -2.04. The summed E-state index contributed by atoms with van der Waals surface area (Å²) >= 11 is 7.27. The minimum absolute atomic E-state index is 0.0186. The molecule has 0 spiro atoms. The van der Waals surface area contributed by atoms with Gasteiger partial charge in [0.15, 0.2) is 5.82 Å². The predicted molar refractivity (Wildman–Crippen MR) is 74.1 cm³/mol. The summed E-state index contributed by atoms with van der Waals surface area (Å²) in [6.45, 7) is 0. The summed E-state index contributed by atoms with van der Waals surface area (Å²) in [7, 11) is 0. The highest BCUT2D eigenvalue weighted by Crippen LogP contribution is 2.29. The SMILES string of the molecule is Nc1c(-c2cccs2)nnn1-c1ccc(F)c(Cl)c1. The summed E-state index contributed by atoms with van der Waals surface area (Å²) in [6, 6.07) is 8.09. The molecule has 3 aromatic rings. The van der Waals surface area contributed by atoms with Crippen molar-refractivity contribution in [2.45, 2.75) is 0 Å². The Bertz CT molecular complexity index is 723. The van der Waals surface area contributed by atoms with Gasteiger partial charge in [-0.2, -0.15) is 4.68 Å². The van der Waals surface area contributed by atoms with Crippen LogP contribution < -0.4 is 5.73 Å². The van der Waals surface area contributed by atoms with Crippen LogP contribution in [0.2, 0.25) is 5.02 Å². The lowest BCUT2D eigenvalue weighted by Crippen LogP contribution is -2.02. The van der Waals surface area contributed by atoms with Crippen molar-refractivity contribution < 1.29 is 4.39 Å². The zero-order chi connectivity index (χ0) is 13.4. The lowest BCUT2D eigenvalue weighted by atomic mass is 10.3. The van der Waals surface area contributed by atoms with E-state index in [1.807, 2.05) is 17.5 Å². The molecule has 2 N–H and O–H groups in total.